The highest BCUT2D eigenvalue weighted by atomic mass is 19.5. The standard InChI is InChI=1S/C5H12N2O.C5H11NO.BF4/c1-6-5(8-4)7(2)3;1-6-2-4-7-5-3-6;2-1(3,4)5/h1-4H3;2-5H2,1H3;/q;;-1/p+1. The summed E-state index contributed by atoms with van der Waals surface area (Å²) in [5.74, 6) is 0. The van der Waals surface area contributed by atoms with Crippen LogP contribution in [0.3, 0.4) is 0 Å². The lowest BCUT2D eigenvalue weighted by Gasteiger charge is -2.21. The van der Waals surface area contributed by atoms with Gasteiger partial charge in [-0.15, -0.1) is 0 Å². The summed E-state index contributed by atoms with van der Waals surface area (Å²) in [6.07, 6.45) is 0. The summed E-state index contributed by atoms with van der Waals surface area (Å²) in [6, 6.07) is 0.769. The predicted molar refractivity (Wildman–Crippen MR) is 71.7 cm³/mol. The number of hydrogen-bond donors (Lipinski definition) is 1. The first-order valence-electron chi connectivity index (χ1n) is 6.01. The summed E-state index contributed by atoms with van der Waals surface area (Å²) >= 11 is 0. The zero-order chi connectivity index (χ0) is 16.2. The zero-order valence-electron chi connectivity index (χ0n) is 12.6. The van der Waals surface area contributed by atoms with Gasteiger partial charge >= 0.3 is 13.3 Å². The smallest absolute Gasteiger partial charge is 0.435 e. The lowest BCUT2D eigenvalue weighted by Crippen LogP contribution is -2.32. The Morgan fingerprint density at radius 3 is 1.70 bits per heavy atom. The molecular formula is C10H24BF4N3O2. The Labute approximate surface area is 117 Å². The number of morpholine rings is 1. The van der Waals surface area contributed by atoms with Crippen molar-refractivity contribution in [1.29, 1.82) is 0 Å². The van der Waals surface area contributed by atoms with E-state index in [9.17, 15) is 17.3 Å². The second kappa shape index (κ2) is 11.8. The molecule has 0 saturated carbocycles. The van der Waals surface area contributed by atoms with Crippen molar-refractivity contribution in [3.63, 3.8) is 0 Å². The van der Waals surface area contributed by atoms with E-state index in [1.54, 1.807) is 7.11 Å². The number of hydrogen-bond acceptors (Lipinski definition) is 3. The molecule has 1 fully saturated rings. The van der Waals surface area contributed by atoms with Gasteiger partial charge in [-0.25, -0.2) is 9.89 Å². The molecule has 0 bridgehead atoms. The number of likely N-dealkylation sites (N-methyl/N-ethyl adjacent to an activating group) is 1. The summed E-state index contributed by atoms with van der Waals surface area (Å²) < 4.78 is 50.9. The first-order chi connectivity index (χ1) is 9.11. The van der Waals surface area contributed by atoms with Crippen LogP contribution in [0.15, 0.2) is 0 Å². The summed E-state index contributed by atoms with van der Waals surface area (Å²) in [4.78, 5) is 2.27. The van der Waals surface area contributed by atoms with Crippen molar-refractivity contribution < 1.29 is 31.3 Å². The van der Waals surface area contributed by atoms with Crippen molar-refractivity contribution in [2.75, 3.05) is 61.6 Å². The molecule has 20 heavy (non-hydrogen) atoms. The fourth-order valence-corrected chi connectivity index (χ4v) is 1.16. The Kier molecular flexibility index (Phi) is 12.5. The van der Waals surface area contributed by atoms with Crippen molar-refractivity contribution in [3.05, 3.63) is 0 Å². The first kappa shape index (κ1) is 21.3. The maximum Gasteiger partial charge on any atom is 0.673 e. The van der Waals surface area contributed by atoms with Crippen LogP contribution in [0.4, 0.5) is 17.3 Å². The molecule has 0 radical (unpaired) electrons. The first-order valence-corrected chi connectivity index (χ1v) is 6.01. The zero-order valence-corrected chi connectivity index (χ0v) is 12.6. The minimum Gasteiger partial charge on any atom is -0.435 e. The lowest BCUT2D eigenvalue weighted by atomic mass is 10.3. The van der Waals surface area contributed by atoms with Crippen LogP contribution in [-0.2, 0) is 9.47 Å². The summed E-state index contributed by atoms with van der Waals surface area (Å²) in [5.41, 5.74) is 0. The van der Waals surface area contributed by atoms with Crippen molar-refractivity contribution in [3.8, 4) is 0 Å². The largest absolute Gasteiger partial charge is 0.673 e. The van der Waals surface area contributed by atoms with E-state index < -0.39 is 7.25 Å². The quantitative estimate of drug-likeness (QED) is 0.235. The highest BCUT2D eigenvalue weighted by Gasteiger charge is 2.20. The molecule has 1 aliphatic heterocycles. The second-order valence-electron chi connectivity index (χ2n) is 4.06. The number of ether oxygens (including phenoxy) is 2. The topological polar surface area (TPSA) is 36.7 Å². The average molecular weight is 305 g/mol. The van der Waals surface area contributed by atoms with Gasteiger partial charge in [0.2, 0.25) is 0 Å². The fourth-order valence-electron chi connectivity index (χ4n) is 1.16. The van der Waals surface area contributed by atoms with E-state index in [4.69, 9.17) is 9.47 Å². The van der Waals surface area contributed by atoms with E-state index in [0.29, 0.717) is 0 Å². The Morgan fingerprint density at radius 2 is 1.60 bits per heavy atom. The van der Waals surface area contributed by atoms with Gasteiger partial charge in [0.15, 0.2) is 0 Å². The molecule has 0 unspecified atom stereocenters. The normalized spacial score (nSPS) is 15.1. The van der Waals surface area contributed by atoms with Crippen LogP contribution in [-0.4, -0.2) is 84.4 Å². The molecule has 0 aromatic rings. The molecule has 1 aliphatic rings. The molecule has 10 heteroatoms. The van der Waals surface area contributed by atoms with Gasteiger partial charge in [0, 0.05) is 13.1 Å². The summed E-state index contributed by atoms with van der Waals surface area (Å²) in [5, 5.41) is 2.87. The number of halogens is 4. The van der Waals surface area contributed by atoms with Crippen LogP contribution in [0.5, 0.6) is 0 Å². The van der Waals surface area contributed by atoms with Gasteiger partial charge in [0.1, 0.15) is 0 Å². The summed E-state index contributed by atoms with van der Waals surface area (Å²) in [7, 11) is 3.39. The van der Waals surface area contributed by atoms with Gasteiger partial charge in [0.25, 0.3) is 0 Å². The van der Waals surface area contributed by atoms with Gasteiger partial charge in [-0.1, -0.05) is 0 Å². The van der Waals surface area contributed by atoms with Crippen LogP contribution >= 0.6 is 0 Å². The number of amidine groups is 1. The Balaban J connectivity index is 0. The molecule has 0 spiro atoms. The van der Waals surface area contributed by atoms with Crippen molar-refractivity contribution >= 4 is 13.3 Å². The molecule has 0 atom stereocenters. The Morgan fingerprint density at radius 1 is 1.20 bits per heavy atom. The molecule has 5 nitrogen and oxygen atoms in total. The minimum absolute atomic E-state index is 0.769. The van der Waals surface area contributed by atoms with Crippen LogP contribution in [0.25, 0.3) is 0 Å². The summed E-state index contributed by atoms with van der Waals surface area (Å²) in [6.45, 7) is 4.02. The van der Waals surface area contributed by atoms with Crippen molar-refractivity contribution in [1.82, 2.24) is 10.2 Å². The van der Waals surface area contributed by atoms with Crippen molar-refractivity contribution in [2.24, 2.45) is 0 Å². The van der Waals surface area contributed by atoms with Gasteiger partial charge < -0.3 is 31.6 Å². The van der Waals surface area contributed by atoms with Crippen molar-refractivity contribution in [2.45, 2.75) is 0 Å². The lowest BCUT2D eigenvalue weighted by molar-refractivity contribution is -0.476. The molecule has 1 heterocycles. The van der Waals surface area contributed by atoms with Crippen LogP contribution in [0.2, 0.25) is 0 Å². The van der Waals surface area contributed by atoms with E-state index in [0.717, 1.165) is 32.3 Å². The minimum atomic E-state index is -6.00. The van der Waals surface area contributed by atoms with Crippen LogP contribution < -0.4 is 5.32 Å². The SMILES string of the molecule is CN1CCOCC1.CNC(OC)=[N+](C)C.F[B-](F)(F)F. The molecule has 0 amide bonds. The molecule has 0 aliphatic carbocycles. The monoisotopic (exact) mass is 305 g/mol. The van der Waals surface area contributed by atoms with Gasteiger partial charge in [-0.3, -0.25) is 0 Å². The van der Waals surface area contributed by atoms with Crippen LogP contribution in [0, 0.1) is 0 Å². The molecule has 122 valence electrons. The average Bonchev–Trinajstić information content (AvgIpc) is 2.29. The third-order valence-corrected chi connectivity index (χ3v) is 2.05. The van der Waals surface area contributed by atoms with E-state index in [1.165, 1.54) is 0 Å². The van der Waals surface area contributed by atoms with E-state index >= 15 is 0 Å². The highest BCUT2D eigenvalue weighted by Crippen LogP contribution is 2.06. The Bertz CT molecular complexity index is 256. The maximum absolute atomic E-state index is 9.75. The van der Waals surface area contributed by atoms with Gasteiger partial charge in [-0.2, -0.15) is 0 Å². The van der Waals surface area contributed by atoms with E-state index in [1.807, 2.05) is 25.7 Å². The van der Waals surface area contributed by atoms with Gasteiger partial charge in [0.05, 0.1) is 41.5 Å². The number of nitrogens with zero attached hydrogens (tertiary/aromatic N) is 2. The third-order valence-electron chi connectivity index (χ3n) is 2.05. The molecule has 0 aromatic heterocycles. The fraction of sp³-hybridized carbons (Fsp3) is 0.900. The molecule has 0 aromatic carbocycles. The molecule has 1 N–H and O–H groups in total. The van der Waals surface area contributed by atoms with E-state index in [-0.39, 0.29) is 0 Å². The predicted octanol–water partition coefficient (Wildman–Crippen LogP) is 0.729. The number of methoxy groups -OCH3 is 1. The molecular weight excluding hydrogens is 281 g/mol. The Hall–Kier alpha value is -1.03. The number of rotatable bonds is 0. The van der Waals surface area contributed by atoms with Crippen LogP contribution in [0.1, 0.15) is 0 Å². The third kappa shape index (κ3) is 19.3. The number of nitrogens with one attached hydrogen (secondary N) is 1. The van der Waals surface area contributed by atoms with Gasteiger partial charge in [-0.05, 0) is 7.05 Å². The molecule has 1 saturated heterocycles. The van der Waals surface area contributed by atoms with E-state index in [2.05, 4.69) is 17.3 Å². The second-order valence-corrected chi connectivity index (χ2v) is 4.06. The molecule has 1 rings (SSSR count). The highest BCUT2D eigenvalue weighted by molar-refractivity contribution is 6.50. The maximum atomic E-state index is 9.75.